The molecule has 2 heterocycles. The van der Waals surface area contributed by atoms with Gasteiger partial charge in [0.15, 0.2) is 0 Å². The minimum atomic E-state index is -0.309. The Labute approximate surface area is 144 Å². The van der Waals surface area contributed by atoms with E-state index in [1.54, 1.807) is 6.20 Å². The molecular formula is C17H17N5OS. The summed E-state index contributed by atoms with van der Waals surface area (Å²) in [5, 5.41) is 14.8. The number of carbonyl (C=O) groups is 1. The number of aromatic nitrogens is 3. The summed E-state index contributed by atoms with van der Waals surface area (Å²) in [6.07, 6.45) is 2.36. The number of aryl methyl sites for hydroxylation is 1. The van der Waals surface area contributed by atoms with Crippen LogP contribution in [0.4, 0.5) is 9.93 Å². The van der Waals surface area contributed by atoms with Gasteiger partial charge >= 0.3 is 6.03 Å². The normalized spacial score (nSPS) is 11.7. The minimum absolute atomic E-state index is 0.185. The molecule has 0 unspecified atom stereocenters. The molecule has 3 aromatic rings. The fraction of sp³-hybridized carbons (Fsp3) is 0.176. The van der Waals surface area contributed by atoms with Gasteiger partial charge in [0, 0.05) is 18.3 Å². The van der Waals surface area contributed by atoms with Gasteiger partial charge in [-0.05, 0) is 24.6 Å². The second-order valence-corrected chi connectivity index (χ2v) is 6.39. The van der Waals surface area contributed by atoms with Gasteiger partial charge in [0.2, 0.25) is 5.13 Å². The molecule has 3 rings (SSSR count). The number of nitrogens with zero attached hydrogens (tertiary/aromatic N) is 3. The van der Waals surface area contributed by atoms with E-state index in [2.05, 4.69) is 25.8 Å². The van der Waals surface area contributed by atoms with Crippen molar-refractivity contribution in [3.8, 4) is 0 Å². The number of urea groups is 1. The van der Waals surface area contributed by atoms with Crippen LogP contribution >= 0.6 is 11.3 Å². The van der Waals surface area contributed by atoms with Crippen LogP contribution in [0, 0.1) is 6.92 Å². The number of carbonyl (C=O) groups excluding carboxylic acids is 1. The highest BCUT2D eigenvalue weighted by Gasteiger charge is 2.16. The molecule has 24 heavy (non-hydrogen) atoms. The highest BCUT2D eigenvalue weighted by molar-refractivity contribution is 7.15. The molecule has 1 atom stereocenters. The third kappa shape index (κ3) is 4.36. The van der Waals surface area contributed by atoms with Crippen LogP contribution in [0.2, 0.25) is 0 Å². The second kappa shape index (κ2) is 7.65. The first-order valence-electron chi connectivity index (χ1n) is 7.53. The Hall–Kier alpha value is -2.80. The zero-order valence-electron chi connectivity index (χ0n) is 13.1. The number of nitrogens with one attached hydrogen (secondary N) is 2. The predicted octanol–water partition coefficient (Wildman–Crippen LogP) is 3.35. The maximum absolute atomic E-state index is 12.3. The molecule has 1 aromatic carbocycles. The fourth-order valence-corrected chi connectivity index (χ4v) is 2.89. The summed E-state index contributed by atoms with van der Waals surface area (Å²) in [6, 6.07) is 15.1. The van der Waals surface area contributed by atoms with E-state index >= 15 is 0 Å². The van der Waals surface area contributed by atoms with Crippen molar-refractivity contribution in [2.24, 2.45) is 0 Å². The maximum atomic E-state index is 12.3. The molecule has 0 fully saturated rings. The number of rotatable bonds is 5. The molecule has 0 saturated carbocycles. The Balaban J connectivity index is 1.73. The van der Waals surface area contributed by atoms with Crippen LogP contribution in [0.15, 0.2) is 54.7 Å². The Morgan fingerprint density at radius 3 is 2.58 bits per heavy atom. The number of hydrogen-bond donors (Lipinski definition) is 2. The van der Waals surface area contributed by atoms with E-state index in [0.717, 1.165) is 16.3 Å². The lowest BCUT2D eigenvalue weighted by molar-refractivity contribution is 0.248. The van der Waals surface area contributed by atoms with E-state index in [0.29, 0.717) is 11.6 Å². The van der Waals surface area contributed by atoms with Crippen molar-refractivity contribution >= 4 is 22.5 Å². The molecule has 2 N–H and O–H groups in total. The molecular weight excluding hydrogens is 322 g/mol. The van der Waals surface area contributed by atoms with Gasteiger partial charge in [0.05, 0.1) is 6.04 Å². The molecule has 0 aliphatic heterocycles. The fourth-order valence-electron chi connectivity index (χ4n) is 2.30. The van der Waals surface area contributed by atoms with E-state index in [9.17, 15) is 4.79 Å². The summed E-state index contributed by atoms with van der Waals surface area (Å²) >= 11 is 1.34. The lowest BCUT2D eigenvalue weighted by Crippen LogP contribution is -2.33. The molecule has 0 saturated heterocycles. The van der Waals surface area contributed by atoms with E-state index in [-0.39, 0.29) is 12.1 Å². The summed E-state index contributed by atoms with van der Waals surface area (Å²) in [7, 11) is 0. The summed E-state index contributed by atoms with van der Waals surface area (Å²) in [6.45, 7) is 1.84. The average Bonchev–Trinajstić information content (AvgIpc) is 3.01. The summed E-state index contributed by atoms with van der Waals surface area (Å²) in [5.41, 5.74) is 1.94. The first kappa shape index (κ1) is 16.1. The maximum Gasteiger partial charge on any atom is 0.321 e. The van der Waals surface area contributed by atoms with Gasteiger partial charge in [-0.1, -0.05) is 47.7 Å². The molecule has 0 radical (unpaired) electrons. The van der Waals surface area contributed by atoms with Crippen LogP contribution in [-0.4, -0.2) is 21.2 Å². The molecule has 6 nitrogen and oxygen atoms in total. The Bertz CT molecular complexity index is 791. The van der Waals surface area contributed by atoms with Gasteiger partial charge in [0.25, 0.3) is 0 Å². The van der Waals surface area contributed by atoms with E-state index < -0.39 is 0 Å². The number of amides is 2. The van der Waals surface area contributed by atoms with E-state index in [4.69, 9.17) is 0 Å². The minimum Gasteiger partial charge on any atom is -0.331 e. The SMILES string of the molecule is Cc1nnc(NC(=O)N[C@H](Cc2ccccn2)c2ccccc2)s1. The van der Waals surface area contributed by atoms with Crippen LogP contribution in [-0.2, 0) is 6.42 Å². The van der Waals surface area contributed by atoms with Gasteiger partial charge in [-0.3, -0.25) is 10.3 Å². The average molecular weight is 339 g/mol. The zero-order chi connectivity index (χ0) is 16.8. The first-order valence-corrected chi connectivity index (χ1v) is 8.35. The molecule has 7 heteroatoms. The molecule has 122 valence electrons. The lowest BCUT2D eigenvalue weighted by atomic mass is 10.0. The van der Waals surface area contributed by atoms with Crippen molar-refractivity contribution < 1.29 is 4.79 Å². The number of pyridine rings is 1. The molecule has 2 aromatic heterocycles. The van der Waals surface area contributed by atoms with Crippen molar-refractivity contribution in [1.29, 1.82) is 0 Å². The molecule has 0 aliphatic carbocycles. The van der Waals surface area contributed by atoms with Crippen LogP contribution in [0.1, 0.15) is 22.3 Å². The molecule has 0 spiro atoms. The third-order valence-electron chi connectivity index (χ3n) is 3.39. The van der Waals surface area contributed by atoms with Gasteiger partial charge in [-0.2, -0.15) is 0 Å². The predicted molar refractivity (Wildman–Crippen MR) is 93.9 cm³/mol. The van der Waals surface area contributed by atoms with Crippen molar-refractivity contribution in [2.45, 2.75) is 19.4 Å². The summed E-state index contributed by atoms with van der Waals surface area (Å²) in [4.78, 5) is 16.6. The highest BCUT2D eigenvalue weighted by Crippen LogP contribution is 2.18. The lowest BCUT2D eigenvalue weighted by Gasteiger charge is -2.19. The van der Waals surface area contributed by atoms with Crippen molar-refractivity contribution in [2.75, 3.05) is 5.32 Å². The Kier molecular flexibility index (Phi) is 5.12. The smallest absolute Gasteiger partial charge is 0.321 e. The van der Waals surface area contributed by atoms with Crippen LogP contribution in [0.5, 0.6) is 0 Å². The van der Waals surface area contributed by atoms with E-state index in [1.807, 2.05) is 55.5 Å². The molecule has 2 amide bonds. The number of anilines is 1. The van der Waals surface area contributed by atoms with Gasteiger partial charge in [-0.15, -0.1) is 10.2 Å². The van der Waals surface area contributed by atoms with Crippen molar-refractivity contribution in [1.82, 2.24) is 20.5 Å². The zero-order valence-corrected chi connectivity index (χ0v) is 14.0. The highest BCUT2D eigenvalue weighted by atomic mass is 32.1. The quantitative estimate of drug-likeness (QED) is 0.747. The number of hydrogen-bond acceptors (Lipinski definition) is 5. The van der Waals surface area contributed by atoms with Crippen LogP contribution in [0.3, 0.4) is 0 Å². The Morgan fingerprint density at radius 1 is 1.12 bits per heavy atom. The van der Waals surface area contributed by atoms with E-state index in [1.165, 1.54) is 11.3 Å². The second-order valence-electron chi connectivity index (χ2n) is 5.21. The summed E-state index contributed by atoms with van der Waals surface area (Å²) in [5.74, 6) is 0. The Morgan fingerprint density at radius 2 is 1.92 bits per heavy atom. The first-order chi connectivity index (χ1) is 11.7. The standard InChI is InChI=1S/C17H17N5OS/c1-12-21-22-17(24-12)20-16(23)19-15(13-7-3-2-4-8-13)11-14-9-5-6-10-18-14/h2-10,15H,11H2,1H3,(H2,19,20,22,23)/t15-/m1/s1. The van der Waals surface area contributed by atoms with Gasteiger partial charge in [0.1, 0.15) is 5.01 Å². The largest absolute Gasteiger partial charge is 0.331 e. The topological polar surface area (TPSA) is 79.8 Å². The summed E-state index contributed by atoms with van der Waals surface area (Å²) < 4.78 is 0. The van der Waals surface area contributed by atoms with Crippen molar-refractivity contribution in [3.05, 3.63) is 71.0 Å². The van der Waals surface area contributed by atoms with Gasteiger partial charge < -0.3 is 5.32 Å². The van der Waals surface area contributed by atoms with Crippen LogP contribution in [0.25, 0.3) is 0 Å². The molecule has 0 bridgehead atoms. The van der Waals surface area contributed by atoms with Crippen molar-refractivity contribution in [3.63, 3.8) is 0 Å². The monoisotopic (exact) mass is 339 g/mol. The molecule has 0 aliphatic rings. The third-order valence-corrected chi connectivity index (χ3v) is 4.15. The number of benzene rings is 1. The van der Waals surface area contributed by atoms with Gasteiger partial charge in [-0.25, -0.2) is 4.79 Å². The van der Waals surface area contributed by atoms with Crippen LogP contribution < -0.4 is 10.6 Å².